The van der Waals surface area contributed by atoms with Gasteiger partial charge in [-0.3, -0.25) is 4.79 Å². The predicted molar refractivity (Wildman–Crippen MR) is 64.6 cm³/mol. The first-order valence-corrected chi connectivity index (χ1v) is 5.60. The summed E-state index contributed by atoms with van der Waals surface area (Å²) in [5, 5.41) is 1.13. The standard InChI is InChI=1S/C13H14N2O2/c1-17-12(16)13(14)6-10(13)9-7-15-11-5-3-2-4-8(9)11/h2-5,7,10,15H,6,14H2,1H3. The predicted octanol–water partition coefficient (Wildman–Crippen LogP) is 1.53. The Balaban J connectivity index is 2.00. The van der Waals surface area contributed by atoms with Gasteiger partial charge in [0.2, 0.25) is 0 Å². The van der Waals surface area contributed by atoms with E-state index in [0.717, 1.165) is 16.5 Å². The van der Waals surface area contributed by atoms with Gasteiger partial charge < -0.3 is 15.5 Å². The Labute approximate surface area is 98.8 Å². The molecule has 3 N–H and O–H groups in total. The highest BCUT2D eigenvalue weighted by Crippen LogP contribution is 2.51. The summed E-state index contributed by atoms with van der Waals surface area (Å²) in [6.45, 7) is 0. The maximum atomic E-state index is 11.6. The Bertz CT molecular complexity index is 590. The lowest BCUT2D eigenvalue weighted by molar-refractivity contribution is -0.143. The lowest BCUT2D eigenvalue weighted by atomic mass is 10.1. The molecule has 88 valence electrons. The van der Waals surface area contributed by atoms with Gasteiger partial charge in [0.25, 0.3) is 0 Å². The maximum absolute atomic E-state index is 11.6. The van der Waals surface area contributed by atoms with Gasteiger partial charge in [0.05, 0.1) is 7.11 Å². The van der Waals surface area contributed by atoms with Gasteiger partial charge in [-0.25, -0.2) is 0 Å². The lowest BCUT2D eigenvalue weighted by Crippen LogP contribution is -2.35. The number of aromatic amines is 1. The van der Waals surface area contributed by atoms with Gasteiger partial charge in [-0.15, -0.1) is 0 Å². The second-order valence-corrected chi connectivity index (χ2v) is 4.58. The molecule has 0 saturated heterocycles. The monoisotopic (exact) mass is 230 g/mol. The summed E-state index contributed by atoms with van der Waals surface area (Å²) < 4.78 is 4.74. The number of nitrogens with two attached hydrogens (primary N) is 1. The Morgan fingerprint density at radius 1 is 1.53 bits per heavy atom. The molecule has 1 saturated carbocycles. The number of nitrogens with one attached hydrogen (secondary N) is 1. The van der Waals surface area contributed by atoms with E-state index in [2.05, 4.69) is 4.98 Å². The Morgan fingerprint density at radius 3 is 3.06 bits per heavy atom. The fourth-order valence-corrected chi connectivity index (χ4v) is 2.46. The molecule has 0 amide bonds. The van der Waals surface area contributed by atoms with Crippen molar-refractivity contribution in [2.45, 2.75) is 17.9 Å². The Kier molecular flexibility index (Phi) is 2.03. The minimum atomic E-state index is -0.834. The molecular formula is C13H14N2O2. The number of methoxy groups -OCH3 is 1. The van der Waals surface area contributed by atoms with Crippen LogP contribution in [-0.4, -0.2) is 23.6 Å². The number of H-pyrrole nitrogens is 1. The quantitative estimate of drug-likeness (QED) is 0.769. The summed E-state index contributed by atoms with van der Waals surface area (Å²) in [5.74, 6) is -0.265. The second-order valence-electron chi connectivity index (χ2n) is 4.58. The summed E-state index contributed by atoms with van der Waals surface area (Å²) in [7, 11) is 1.38. The van der Waals surface area contributed by atoms with Gasteiger partial charge in [-0.1, -0.05) is 18.2 Å². The van der Waals surface area contributed by atoms with Crippen molar-refractivity contribution in [2.24, 2.45) is 5.73 Å². The second kappa shape index (κ2) is 3.34. The first kappa shape index (κ1) is 10.4. The highest BCUT2D eigenvalue weighted by molar-refractivity contribution is 5.91. The van der Waals surface area contributed by atoms with Crippen LogP contribution >= 0.6 is 0 Å². The average Bonchev–Trinajstić information content (AvgIpc) is 2.88. The van der Waals surface area contributed by atoms with Crippen LogP contribution in [0.15, 0.2) is 30.5 Å². The van der Waals surface area contributed by atoms with Crippen molar-refractivity contribution in [1.29, 1.82) is 0 Å². The smallest absolute Gasteiger partial charge is 0.326 e. The van der Waals surface area contributed by atoms with Crippen molar-refractivity contribution in [2.75, 3.05) is 7.11 Å². The third kappa shape index (κ3) is 1.37. The molecule has 1 aliphatic rings. The van der Waals surface area contributed by atoms with Gasteiger partial charge in [0, 0.05) is 23.0 Å². The summed E-state index contributed by atoms with van der Waals surface area (Å²) in [4.78, 5) is 14.8. The Hall–Kier alpha value is -1.81. The number of hydrogen-bond donors (Lipinski definition) is 2. The topological polar surface area (TPSA) is 68.1 Å². The van der Waals surface area contributed by atoms with E-state index >= 15 is 0 Å². The molecule has 1 aromatic heterocycles. The zero-order valence-corrected chi connectivity index (χ0v) is 9.57. The molecule has 0 spiro atoms. The highest BCUT2D eigenvalue weighted by Gasteiger charge is 2.59. The molecule has 2 atom stereocenters. The number of aromatic nitrogens is 1. The number of benzene rings is 1. The van der Waals surface area contributed by atoms with Crippen LogP contribution in [0.3, 0.4) is 0 Å². The molecule has 2 unspecified atom stereocenters. The van der Waals surface area contributed by atoms with E-state index < -0.39 is 5.54 Å². The molecule has 1 heterocycles. The summed E-state index contributed by atoms with van der Waals surface area (Å²) in [6, 6.07) is 8.01. The number of esters is 1. The van der Waals surface area contributed by atoms with Crippen LogP contribution in [0.2, 0.25) is 0 Å². The third-order valence-electron chi connectivity index (χ3n) is 3.57. The third-order valence-corrected chi connectivity index (χ3v) is 3.57. The van der Waals surface area contributed by atoms with E-state index in [1.54, 1.807) is 0 Å². The van der Waals surface area contributed by atoms with E-state index in [0.29, 0.717) is 6.42 Å². The van der Waals surface area contributed by atoms with Crippen LogP contribution < -0.4 is 5.73 Å². The molecule has 17 heavy (non-hydrogen) atoms. The van der Waals surface area contributed by atoms with E-state index in [9.17, 15) is 4.79 Å². The van der Waals surface area contributed by atoms with Crippen molar-refractivity contribution in [3.63, 3.8) is 0 Å². The van der Waals surface area contributed by atoms with Gasteiger partial charge in [0.1, 0.15) is 5.54 Å². The van der Waals surface area contributed by atoms with Crippen molar-refractivity contribution >= 4 is 16.9 Å². The van der Waals surface area contributed by atoms with Crippen molar-refractivity contribution in [3.05, 3.63) is 36.0 Å². The van der Waals surface area contributed by atoms with E-state index in [-0.39, 0.29) is 11.9 Å². The number of carbonyl (C=O) groups excluding carboxylic acids is 1. The van der Waals surface area contributed by atoms with Crippen LogP contribution in [0.5, 0.6) is 0 Å². The average molecular weight is 230 g/mol. The highest BCUT2D eigenvalue weighted by atomic mass is 16.5. The molecule has 4 nitrogen and oxygen atoms in total. The number of ether oxygens (including phenoxy) is 1. The fourth-order valence-electron chi connectivity index (χ4n) is 2.46. The molecule has 1 aliphatic carbocycles. The van der Waals surface area contributed by atoms with Crippen molar-refractivity contribution in [1.82, 2.24) is 4.98 Å². The summed E-state index contributed by atoms with van der Waals surface area (Å²) in [6.07, 6.45) is 2.59. The molecular weight excluding hydrogens is 216 g/mol. The number of carbonyl (C=O) groups is 1. The number of hydrogen-bond acceptors (Lipinski definition) is 3. The zero-order valence-electron chi connectivity index (χ0n) is 9.57. The van der Waals surface area contributed by atoms with Crippen molar-refractivity contribution in [3.8, 4) is 0 Å². The molecule has 4 heteroatoms. The minimum absolute atomic E-state index is 0.0612. The van der Waals surface area contributed by atoms with E-state index in [1.165, 1.54) is 7.11 Å². The summed E-state index contributed by atoms with van der Waals surface area (Å²) in [5.41, 5.74) is 7.38. The van der Waals surface area contributed by atoms with Crippen LogP contribution in [0, 0.1) is 0 Å². The number of rotatable bonds is 2. The molecule has 0 aliphatic heterocycles. The van der Waals surface area contributed by atoms with Gasteiger partial charge >= 0.3 is 5.97 Å². The van der Waals surface area contributed by atoms with Crippen LogP contribution in [0.4, 0.5) is 0 Å². The number of fused-ring (bicyclic) bond motifs is 1. The van der Waals surface area contributed by atoms with Crippen LogP contribution in [-0.2, 0) is 9.53 Å². The zero-order chi connectivity index (χ0) is 12.0. The minimum Gasteiger partial charge on any atom is -0.468 e. The van der Waals surface area contributed by atoms with Crippen LogP contribution in [0.1, 0.15) is 17.9 Å². The maximum Gasteiger partial charge on any atom is 0.326 e. The molecule has 0 radical (unpaired) electrons. The number of para-hydroxylation sites is 1. The van der Waals surface area contributed by atoms with Gasteiger partial charge in [-0.05, 0) is 18.1 Å². The fraction of sp³-hybridized carbons (Fsp3) is 0.308. The van der Waals surface area contributed by atoms with Crippen LogP contribution in [0.25, 0.3) is 10.9 Å². The molecule has 1 aromatic carbocycles. The molecule has 2 aromatic rings. The Morgan fingerprint density at radius 2 is 2.29 bits per heavy atom. The lowest BCUT2D eigenvalue weighted by Gasteiger charge is -2.07. The van der Waals surface area contributed by atoms with E-state index in [4.69, 9.17) is 10.5 Å². The largest absolute Gasteiger partial charge is 0.468 e. The molecule has 1 fully saturated rings. The molecule has 0 bridgehead atoms. The van der Waals surface area contributed by atoms with E-state index in [1.807, 2.05) is 30.5 Å². The summed E-state index contributed by atoms with van der Waals surface area (Å²) >= 11 is 0. The first-order valence-electron chi connectivity index (χ1n) is 5.60. The SMILES string of the molecule is COC(=O)C1(N)CC1c1c[nH]c2ccccc12. The normalized spacial score (nSPS) is 27.1. The van der Waals surface area contributed by atoms with Gasteiger partial charge in [0.15, 0.2) is 0 Å². The first-order chi connectivity index (χ1) is 8.16. The van der Waals surface area contributed by atoms with Crippen molar-refractivity contribution < 1.29 is 9.53 Å². The van der Waals surface area contributed by atoms with Gasteiger partial charge in [-0.2, -0.15) is 0 Å². The molecule has 3 rings (SSSR count).